The number of benzene rings is 1. The second-order valence-electron chi connectivity index (χ2n) is 3.62. The highest BCUT2D eigenvalue weighted by molar-refractivity contribution is 7.84. The molecule has 0 radical (unpaired) electrons. The molecule has 0 aliphatic heterocycles. The summed E-state index contributed by atoms with van der Waals surface area (Å²) >= 11 is 0. The molecule has 5 heteroatoms. The molecule has 0 bridgehead atoms. The summed E-state index contributed by atoms with van der Waals surface area (Å²) in [5.41, 5.74) is 1.17. The fraction of sp³-hybridized carbons (Fsp3) is 0.0769. The van der Waals surface area contributed by atoms with Gasteiger partial charge in [0.25, 0.3) is 5.03 Å². The highest BCUT2D eigenvalue weighted by Crippen LogP contribution is 2.13. The number of nitriles is 1. The Kier molecular flexibility index (Phi) is 3.70. The molecule has 0 aliphatic rings. The minimum Gasteiger partial charge on any atom is -0.618 e. The zero-order chi connectivity index (χ0) is 13.0. The topological polar surface area (TPSA) is 67.8 Å². The molecule has 1 aromatic heterocycles. The second-order valence-corrected chi connectivity index (χ2v) is 5.02. The smallest absolute Gasteiger partial charge is 0.281 e. The minimum absolute atomic E-state index is 0.163. The van der Waals surface area contributed by atoms with E-state index in [2.05, 4.69) is 0 Å². The number of hydrogen-bond donors (Lipinski definition) is 0. The predicted molar refractivity (Wildman–Crippen MR) is 66.7 cm³/mol. The Labute approximate surface area is 107 Å². The maximum absolute atomic E-state index is 12.1. The van der Waals surface area contributed by atoms with Crippen LogP contribution in [-0.4, -0.2) is 4.21 Å². The fourth-order valence-corrected chi connectivity index (χ4v) is 2.73. The molecule has 0 amide bonds. The van der Waals surface area contributed by atoms with Crippen LogP contribution in [0.5, 0.6) is 0 Å². The second kappa shape index (κ2) is 5.43. The predicted octanol–water partition coefficient (Wildman–Crippen LogP) is 1.50. The SMILES string of the molecule is N#Cc1ccccc1CS(=O)c1cccc[n+]1[O-]. The van der Waals surface area contributed by atoms with Gasteiger partial charge in [0.05, 0.1) is 17.4 Å². The van der Waals surface area contributed by atoms with E-state index >= 15 is 0 Å². The quantitative estimate of drug-likeness (QED) is 0.619. The molecule has 90 valence electrons. The van der Waals surface area contributed by atoms with Crippen LogP contribution >= 0.6 is 0 Å². The van der Waals surface area contributed by atoms with Gasteiger partial charge in [0.2, 0.25) is 0 Å². The van der Waals surface area contributed by atoms with Gasteiger partial charge in [-0.25, -0.2) is 4.21 Å². The lowest BCUT2D eigenvalue weighted by molar-refractivity contribution is -0.646. The van der Waals surface area contributed by atoms with Gasteiger partial charge in [-0.3, -0.25) is 0 Å². The lowest BCUT2D eigenvalue weighted by Crippen LogP contribution is -2.31. The van der Waals surface area contributed by atoms with Crippen molar-refractivity contribution < 1.29 is 8.94 Å². The molecule has 4 nitrogen and oxygen atoms in total. The molecule has 2 aromatic rings. The zero-order valence-electron chi connectivity index (χ0n) is 9.45. The molecule has 0 aliphatic carbocycles. The third-order valence-electron chi connectivity index (χ3n) is 2.45. The van der Waals surface area contributed by atoms with Crippen LogP contribution in [-0.2, 0) is 16.6 Å². The van der Waals surface area contributed by atoms with Crippen molar-refractivity contribution in [1.82, 2.24) is 0 Å². The van der Waals surface area contributed by atoms with Gasteiger partial charge in [0.1, 0.15) is 10.8 Å². The van der Waals surface area contributed by atoms with E-state index in [-0.39, 0.29) is 10.8 Å². The van der Waals surface area contributed by atoms with E-state index in [1.54, 1.807) is 36.4 Å². The summed E-state index contributed by atoms with van der Waals surface area (Å²) < 4.78 is 12.7. The zero-order valence-corrected chi connectivity index (χ0v) is 10.3. The first-order valence-electron chi connectivity index (χ1n) is 5.27. The first-order valence-corrected chi connectivity index (χ1v) is 6.59. The number of aromatic nitrogens is 1. The van der Waals surface area contributed by atoms with Gasteiger partial charge in [-0.2, -0.15) is 9.99 Å². The lowest BCUT2D eigenvalue weighted by atomic mass is 10.1. The van der Waals surface area contributed by atoms with Crippen LogP contribution in [0.4, 0.5) is 0 Å². The van der Waals surface area contributed by atoms with Crippen molar-refractivity contribution in [2.24, 2.45) is 0 Å². The summed E-state index contributed by atoms with van der Waals surface area (Å²) in [4.78, 5) is 0. The first-order chi connectivity index (χ1) is 8.72. The van der Waals surface area contributed by atoms with Crippen LogP contribution in [0.25, 0.3) is 0 Å². The summed E-state index contributed by atoms with van der Waals surface area (Å²) in [5.74, 6) is 0.163. The van der Waals surface area contributed by atoms with Crippen molar-refractivity contribution in [2.45, 2.75) is 10.8 Å². The summed E-state index contributed by atoms with van der Waals surface area (Å²) in [6.07, 6.45) is 1.31. The van der Waals surface area contributed by atoms with Crippen molar-refractivity contribution in [2.75, 3.05) is 0 Å². The number of hydrogen-bond acceptors (Lipinski definition) is 3. The van der Waals surface area contributed by atoms with E-state index in [4.69, 9.17) is 5.26 Å². The third kappa shape index (κ3) is 2.55. The van der Waals surface area contributed by atoms with E-state index in [0.717, 1.165) is 0 Å². The van der Waals surface area contributed by atoms with Gasteiger partial charge in [0, 0.05) is 12.1 Å². The molecule has 1 aromatic carbocycles. The maximum Gasteiger partial charge on any atom is 0.281 e. The van der Waals surface area contributed by atoms with Crippen molar-refractivity contribution >= 4 is 10.8 Å². The molecule has 0 N–H and O–H groups in total. The Morgan fingerprint density at radius 2 is 1.94 bits per heavy atom. The molecule has 2 rings (SSSR count). The highest BCUT2D eigenvalue weighted by atomic mass is 32.2. The maximum atomic E-state index is 12.1. The molecule has 0 spiro atoms. The summed E-state index contributed by atoms with van der Waals surface area (Å²) in [5, 5.41) is 20.6. The number of pyridine rings is 1. The van der Waals surface area contributed by atoms with Crippen molar-refractivity contribution in [3.63, 3.8) is 0 Å². The van der Waals surface area contributed by atoms with Crippen LogP contribution in [0.3, 0.4) is 0 Å². The van der Waals surface area contributed by atoms with Crippen molar-refractivity contribution in [3.05, 3.63) is 65.0 Å². The Hall–Kier alpha value is -2.19. The first kappa shape index (κ1) is 12.3. The lowest BCUT2D eigenvalue weighted by Gasteiger charge is -2.05. The van der Waals surface area contributed by atoms with Crippen LogP contribution in [0.15, 0.2) is 53.7 Å². The van der Waals surface area contributed by atoms with E-state index in [9.17, 15) is 9.42 Å². The molecular formula is C13H10N2O2S. The third-order valence-corrected chi connectivity index (χ3v) is 3.80. The molecule has 18 heavy (non-hydrogen) atoms. The summed E-state index contributed by atoms with van der Waals surface area (Å²) in [6, 6.07) is 13.8. The van der Waals surface area contributed by atoms with Gasteiger partial charge in [-0.15, -0.1) is 0 Å². The summed E-state index contributed by atoms with van der Waals surface area (Å²) in [7, 11) is -1.46. The van der Waals surface area contributed by atoms with E-state index < -0.39 is 10.8 Å². The molecule has 0 fully saturated rings. The van der Waals surface area contributed by atoms with Gasteiger partial charge in [-0.1, -0.05) is 18.2 Å². The Bertz CT molecular complexity index is 635. The van der Waals surface area contributed by atoms with Crippen LogP contribution in [0.1, 0.15) is 11.1 Å². The largest absolute Gasteiger partial charge is 0.618 e. The van der Waals surface area contributed by atoms with Crippen molar-refractivity contribution in [3.8, 4) is 6.07 Å². The Balaban J connectivity index is 2.28. The Morgan fingerprint density at radius 1 is 1.22 bits per heavy atom. The molecule has 1 unspecified atom stereocenters. The minimum atomic E-state index is -1.46. The number of nitrogens with zero attached hydrogens (tertiary/aromatic N) is 2. The highest BCUT2D eigenvalue weighted by Gasteiger charge is 2.15. The molecule has 1 atom stereocenters. The molecule has 0 saturated heterocycles. The van der Waals surface area contributed by atoms with Crippen LogP contribution in [0, 0.1) is 16.5 Å². The molecule has 1 heterocycles. The van der Waals surface area contributed by atoms with Crippen LogP contribution in [0.2, 0.25) is 0 Å². The fourth-order valence-electron chi connectivity index (χ4n) is 1.56. The van der Waals surface area contributed by atoms with E-state index in [1.165, 1.54) is 12.3 Å². The van der Waals surface area contributed by atoms with E-state index in [1.807, 2.05) is 6.07 Å². The van der Waals surface area contributed by atoms with E-state index in [0.29, 0.717) is 15.9 Å². The Morgan fingerprint density at radius 3 is 2.67 bits per heavy atom. The molecule has 0 saturated carbocycles. The normalized spacial score (nSPS) is 11.7. The standard InChI is InChI=1S/C13H10N2O2S/c14-9-11-5-1-2-6-12(11)10-18(17)13-7-3-4-8-15(13)16/h1-8H,10H2. The summed E-state index contributed by atoms with van der Waals surface area (Å²) in [6.45, 7) is 0. The van der Waals surface area contributed by atoms with Crippen LogP contribution < -0.4 is 4.73 Å². The molecular weight excluding hydrogens is 248 g/mol. The van der Waals surface area contributed by atoms with Gasteiger partial charge in [0.15, 0.2) is 6.20 Å². The van der Waals surface area contributed by atoms with Crippen molar-refractivity contribution in [1.29, 1.82) is 5.26 Å². The van der Waals surface area contributed by atoms with Gasteiger partial charge >= 0.3 is 0 Å². The number of rotatable bonds is 3. The monoisotopic (exact) mass is 258 g/mol. The average molecular weight is 258 g/mol. The van der Waals surface area contributed by atoms with Gasteiger partial charge in [-0.05, 0) is 17.7 Å². The van der Waals surface area contributed by atoms with Gasteiger partial charge < -0.3 is 5.21 Å². The average Bonchev–Trinajstić information content (AvgIpc) is 2.39.